The number of rotatable bonds is 5. The van der Waals surface area contributed by atoms with Gasteiger partial charge in [0.15, 0.2) is 0 Å². The summed E-state index contributed by atoms with van der Waals surface area (Å²) in [4.78, 5) is 42.4. The molecule has 0 saturated heterocycles. The highest BCUT2D eigenvalue weighted by atomic mass is 16.5. The molecule has 2 heterocycles. The number of aromatic nitrogens is 2. The number of para-hydroxylation sites is 1. The van der Waals surface area contributed by atoms with Gasteiger partial charge in [-0.1, -0.05) is 24.3 Å². The van der Waals surface area contributed by atoms with Crippen molar-refractivity contribution in [3.8, 4) is 11.1 Å². The van der Waals surface area contributed by atoms with Crippen LogP contribution in [-0.4, -0.2) is 35.0 Å². The molecule has 3 N–H and O–H groups in total. The van der Waals surface area contributed by atoms with Crippen molar-refractivity contribution in [3.63, 3.8) is 0 Å². The molecule has 146 valence electrons. The minimum atomic E-state index is -0.501. The van der Waals surface area contributed by atoms with Crippen molar-refractivity contribution in [3.05, 3.63) is 70.6 Å². The topological polar surface area (TPSA) is 104 Å². The largest absolute Gasteiger partial charge is 0.465 e. The Morgan fingerprint density at radius 3 is 2.69 bits per heavy atom. The van der Waals surface area contributed by atoms with Gasteiger partial charge in [-0.3, -0.25) is 14.4 Å². The minimum absolute atomic E-state index is 0.208. The van der Waals surface area contributed by atoms with Crippen molar-refractivity contribution < 1.29 is 14.3 Å². The van der Waals surface area contributed by atoms with Crippen molar-refractivity contribution in [2.75, 3.05) is 13.2 Å². The second-order valence-corrected chi connectivity index (χ2v) is 6.55. The number of pyridine rings is 1. The highest BCUT2D eigenvalue weighted by Gasteiger charge is 2.13. The molecule has 0 radical (unpaired) electrons. The SMILES string of the molecule is CCOC(=O)CNC(=O)c1ccc2cc(-c3c[nH]c4ccccc34)c(=O)[nH]c2c1. The number of aromatic amines is 2. The number of hydrogen-bond donors (Lipinski definition) is 3. The number of esters is 1. The summed E-state index contributed by atoms with van der Waals surface area (Å²) in [6, 6.07) is 14.6. The molecule has 0 aliphatic heterocycles. The Balaban J connectivity index is 1.66. The first-order valence-corrected chi connectivity index (χ1v) is 9.24. The smallest absolute Gasteiger partial charge is 0.325 e. The van der Waals surface area contributed by atoms with E-state index in [2.05, 4.69) is 15.3 Å². The van der Waals surface area contributed by atoms with E-state index in [9.17, 15) is 14.4 Å². The molecule has 2 aromatic carbocycles. The summed E-state index contributed by atoms with van der Waals surface area (Å²) in [7, 11) is 0. The van der Waals surface area contributed by atoms with E-state index < -0.39 is 11.9 Å². The molecule has 0 aliphatic rings. The molecule has 0 unspecified atom stereocenters. The molecule has 7 heteroatoms. The number of fused-ring (bicyclic) bond motifs is 2. The number of carbonyl (C=O) groups excluding carboxylic acids is 2. The molecule has 0 fully saturated rings. The Morgan fingerprint density at radius 1 is 1.03 bits per heavy atom. The van der Waals surface area contributed by atoms with Crippen LogP contribution >= 0.6 is 0 Å². The molecular formula is C22H19N3O4. The number of ether oxygens (including phenoxy) is 1. The average Bonchev–Trinajstić information content (AvgIpc) is 3.15. The van der Waals surface area contributed by atoms with Crippen LogP contribution in [0.25, 0.3) is 32.9 Å². The van der Waals surface area contributed by atoms with Gasteiger partial charge in [0.1, 0.15) is 6.54 Å². The maximum Gasteiger partial charge on any atom is 0.325 e. The summed E-state index contributed by atoms with van der Waals surface area (Å²) in [6.07, 6.45) is 1.82. The van der Waals surface area contributed by atoms with Gasteiger partial charge in [0.2, 0.25) is 0 Å². The zero-order valence-corrected chi connectivity index (χ0v) is 15.7. The van der Waals surface area contributed by atoms with Crippen LogP contribution in [0.15, 0.2) is 59.5 Å². The van der Waals surface area contributed by atoms with Gasteiger partial charge in [0, 0.05) is 39.3 Å². The zero-order valence-electron chi connectivity index (χ0n) is 15.7. The van der Waals surface area contributed by atoms with Gasteiger partial charge in [-0.15, -0.1) is 0 Å². The molecule has 4 rings (SSSR count). The molecule has 0 saturated carbocycles. The third-order valence-electron chi connectivity index (χ3n) is 4.69. The Morgan fingerprint density at radius 2 is 1.86 bits per heavy atom. The number of benzene rings is 2. The fourth-order valence-corrected chi connectivity index (χ4v) is 3.30. The fourth-order valence-electron chi connectivity index (χ4n) is 3.30. The number of hydrogen-bond acceptors (Lipinski definition) is 4. The van der Waals surface area contributed by atoms with E-state index in [1.165, 1.54) is 0 Å². The van der Waals surface area contributed by atoms with Gasteiger partial charge in [0.25, 0.3) is 11.5 Å². The standard InChI is InChI=1S/C22H19N3O4/c1-2-29-20(26)12-24-21(27)14-8-7-13-9-16(22(28)25-19(13)10-14)17-11-23-18-6-4-3-5-15(17)18/h3-11,23H,2,12H2,1H3,(H,24,27)(H,25,28). The van der Waals surface area contributed by atoms with Crippen molar-refractivity contribution in [1.82, 2.24) is 15.3 Å². The monoisotopic (exact) mass is 389 g/mol. The van der Waals surface area contributed by atoms with Gasteiger partial charge in [0.05, 0.1) is 6.61 Å². The molecular weight excluding hydrogens is 370 g/mol. The maximum atomic E-state index is 12.7. The Labute approximate surface area is 165 Å². The van der Waals surface area contributed by atoms with Gasteiger partial charge < -0.3 is 20.0 Å². The van der Waals surface area contributed by atoms with Gasteiger partial charge in [-0.05, 0) is 36.6 Å². The van der Waals surface area contributed by atoms with Crippen LogP contribution in [0.5, 0.6) is 0 Å². The lowest BCUT2D eigenvalue weighted by molar-refractivity contribution is -0.141. The second kappa shape index (κ2) is 7.63. The van der Waals surface area contributed by atoms with Crippen LogP contribution in [0.3, 0.4) is 0 Å². The van der Waals surface area contributed by atoms with Crippen LogP contribution in [0.1, 0.15) is 17.3 Å². The molecule has 0 spiro atoms. The van der Waals surface area contributed by atoms with E-state index in [1.54, 1.807) is 25.1 Å². The quantitative estimate of drug-likeness (QED) is 0.457. The summed E-state index contributed by atoms with van der Waals surface area (Å²) in [5.41, 5.74) is 2.97. The number of nitrogens with one attached hydrogen (secondary N) is 3. The normalized spacial score (nSPS) is 10.9. The maximum absolute atomic E-state index is 12.7. The summed E-state index contributed by atoms with van der Waals surface area (Å²) >= 11 is 0. The van der Waals surface area contributed by atoms with Gasteiger partial charge in [-0.25, -0.2) is 0 Å². The van der Waals surface area contributed by atoms with Crippen molar-refractivity contribution >= 4 is 33.7 Å². The molecule has 29 heavy (non-hydrogen) atoms. The first kappa shape index (κ1) is 18.5. The lowest BCUT2D eigenvalue weighted by Gasteiger charge is -2.07. The van der Waals surface area contributed by atoms with Crippen LogP contribution in [0.4, 0.5) is 0 Å². The van der Waals surface area contributed by atoms with Crippen LogP contribution in [0.2, 0.25) is 0 Å². The van der Waals surface area contributed by atoms with Crippen molar-refractivity contribution in [2.45, 2.75) is 6.92 Å². The van der Waals surface area contributed by atoms with Crippen molar-refractivity contribution in [1.29, 1.82) is 0 Å². The molecule has 0 atom stereocenters. The van der Waals surface area contributed by atoms with Crippen LogP contribution < -0.4 is 10.9 Å². The van der Waals surface area contributed by atoms with E-state index in [1.807, 2.05) is 36.5 Å². The highest BCUT2D eigenvalue weighted by molar-refractivity contribution is 6.00. The van der Waals surface area contributed by atoms with Gasteiger partial charge in [-0.2, -0.15) is 0 Å². The third kappa shape index (κ3) is 3.62. The Bertz CT molecular complexity index is 1290. The highest BCUT2D eigenvalue weighted by Crippen LogP contribution is 2.27. The average molecular weight is 389 g/mol. The Hall–Kier alpha value is -3.87. The number of carbonyl (C=O) groups is 2. The van der Waals surface area contributed by atoms with E-state index in [0.717, 1.165) is 21.9 Å². The number of H-pyrrole nitrogens is 2. The van der Waals surface area contributed by atoms with Crippen molar-refractivity contribution in [2.24, 2.45) is 0 Å². The molecule has 0 bridgehead atoms. The van der Waals surface area contributed by atoms with Crippen LogP contribution in [-0.2, 0) is 9.53 Å². The lowest BCUT2D eigenvalue weighted by Crippen LogP contribution is -2.30. The molecule has 0 aliphatic carbocycles. The van der Waals surface area contributed by atoms with E-state index in [-0.39, 0.29) is 18.7 Å². The predicted molar refractivity (Wildman–Crippen MR) is 111 cm³/mol. The molecule has 2 aromatic heterocycles. The summed E-state index contributed by atoms with van der Waals surface area (Å²) in [5, 5.41) is 4.27. The first-order valence-electron chi connectivity index (χ1n) is 9.24. The molecule has 7 nitrogen and oxygen atoms in total. The zero-order chi connectivity index (χ0) is 20.4. The summed E-state index contributed by atoms with van der Waals surface area (Å²) in [5.74, 6) is -0.917. The lowest BCUT2D eigenvalue weighted by atomic mass is 10.0. The Kier molecular flexibility index (Phi) is 4.87. The molecule has 4 aromatic rings. The first-order chi connectivity index (χ1) is 14.1. The summed E-state index contributed by atoms with van der Waals surface area (Å²) in [6.45, 7) is 1.75. The molecule has 1 amide bonds. The third-order valence-corrected chi connectivity index (χ3v) is 4.69. The van der Waals surface area contributed by atoms with E-state index in [4.69, 9.17) is 4.74 Å². The van der Waals surface area contributed by atoms with Crippen LogP contribution in [0, 0.1) is 0 Å². The van der Waals surface area contributed by atoms with Gasteiger partial charge >= 0.3 is 5.97 Å². The summed E-state index contributed by atoms with van der Waals surface area (Å²) < 4.78 is 4.79. The predicted octanol–water partition coefficient (Wildman–Crippen LogP) is 2.97. The van der Waals surface area contributed by atoms with E-state index >= 15 is 0 Å². The second-order valence-electron chi connectivity index (χ2n) is 6.55. The fraction of sp³-hybridized carbons (Fsp3) is 0.136. The number of amides is 1. The van der Waals surface area contributed by atoms with E-state index in [0.29, 0.717) is 16.6 Å². The minimum Gasteiger partial charge on any atom is -0.465 e.